The molecule has 2 rings (SSSR count). The van der Waals surface area contributed by atoms with Gasteiger partial charge in [0.05, 0.1) is 11.9 Å². The molecule has 2 heterocycles. The number of hydrogen-bond donors (Lipinski definition) is 3. The molecule has 2 aromatic heterocycles. The van der Waals surface area contributed by atoms with Crippen molar-refractivity contribution in [3.05, 3.63) is 28.3 Å². The van der Waals surface area contributed by atoms with Gasteiger partial charge in [0, 0.05) is 6.07 Å². The van der Waals surface area contributed by atoms with Crippen LogP contribution < -0.4 is 15.6 Å². The van der Waals surface area contributed by atoms with E-state index in [2.05, 4.69) is 30.2 Å². The van der Waals surface area contributed by atoms with Crippen LogP contribution in [0.3, 0.4) is 0 Å². The van der Waals surface area contributed by atoms with E-state index in [1.165, 1.54) is 6.07 Å². The predicted molar refractivity (Wildman–Crippen MR) is 58.1 cm³/mol. The van der Waals surface area contributed by atoms with E-state index in [1.54, 1.807) is 6.92 Å². The Morgan fingerprint density at radius 3 is 3.00 bits per heavy atom. The van der Waals surface area contributed by atoms with Crippen molar-refractivity contribution in [2.75, 3.05) is 5.32 Å². The van der Waals surface area contributed by atoms with Crippen LogP contribution >= 0.6 is 0 Å². The third-order valence-electron chi connectivity index (χ3n) is 2.01. The molecule has 0 unspecified atom stereocenters. The standard InChI is InChI=1S/C9H9F2N5O2/c1-4-8(14-6(17)3-12-4)13-5-2-7(16-15-5)18-9(10)11/h2-3,9H,1H3,(H3,13,14,15,16,17). The summed E-state index contributed by atoms with van der Waals surface area (Å²) in [4.78, 5) is 17.4. The van der Waals surface area contributed by atoms with Gasteiger partial charge in [-0.05, 0) is 6.92 Å². The van der Waals surface area contributed by atoms with Crippen LogP contribution in [0.4, 0.5) is 20.4 Å². The number of nitrogens with one attached hydrogen (secondary N) is 3. The molecule has 0 aliphatic rings. The maximum absolute atomic E-state index is 11.9. The summed E-state index contributed by atoms with van der Waals surface area (Å²) in [6.07, 6.45) is 1.14. The number of anilines is 2. The third-order valence-corrected chi connectivity index (χ3v) is 2.01. The summed E-state index contributed by atoms with van der Waals surface area (Å²) in [7, 11) is 0. The van der Waals surface area contributed by atoms with Crippen LogP contribution in [0.2, 0.25) is 0 Å². The Morgan fingerprint density at radius 1 is 1.50 bits per heavy atom. The highest BCUT2D eigenvalue weighted by Gasteiger charge is 2.09. The number of aromatic nitrogens is 4. The molecule has 0 saturated carbocycles. The fourth-order valence-electron chi connectivity index (χ4n) is 1.24. The Balaban J connectivity index is 2.16. The lowest BCUT2D eigenvalue weighted by molar-refractivity contribution is -0.0528. The van der Waals surface area contributed by atoms with Gasteiger partial charge in [-0.2, -0.15) is 8.78 Å². The molecule has 7 nitrogen and oxygen atoms in total. The van der Waals surface area contributed by atoms with Crippen LogP contribution in [-0.2, 0) is 0 Å². The Bertz CT molecular complexity index is 595. The molecule has 2 aromatic rings. The van der Waals surface area contributed by atoms with E-state index in [0.717, 1.165) is 6.20 Å². The van der Waals surface area contributed by atoms with E-state index in [1.807, 2.05) is 0 Å². The Morgan fingerprint density at radius 2 is 2.28 bits per heavy atom. The second kappa shape index (κ2) is 4.82. The molecule has 0 bridgehead atoms. The van der Waals surface area contributed by atoms with Crippen molar-refractivity contribution < 1.29 is 13.5 Å². The summed E-state index contributed by atoms with van der Waals surface area (Å²) in [5.41, 5.74) is 0.159. The largest absolute Gasteiger partial charge is 0.415 e. The van der Waals surface area contributed by atoms with Crippen LogP contribution in [0.1, 0.15) is 5.69 Å². The maximum Gasteiger partial charge on any atom is 0.388 e. The summed E-state index contributed by atoms with van der Waals surface area (Å²) in [5, 5.41) is 8.69. The van der Waals surface area contributed by atoms with Gasteiger partial charge in [-0.1, -0.05) is 0 Å². The second-order valence-electron chi connectivity index (χ2n) is 3.33. The number of alkyl halides is 2. The van der Waals surface area contributed by atoms with Crippen molar-refractivity contribution in [3.63, 3.8) is 0 Å². The first kappa shape index (κ1) is 12.0. The average molecular weight is 257 g/mol. The minimum Gasteiger partial charge on any atom is -0.415 e. The molecular weight excluding hydrogens is 248 g/mol. The molecule has 0 aromatic carbocycles. The Hall–Kier alpha value is -2.45. The molecule has 0 aliphatic carbocycles. The third kappa shape index (κ3) is 2.81. The predicted octanol–water partition coefficient (Wildman–Crippen LogP) is 1.15. The van der Waals surface area contributed by atoms with E-state index in [9.17, 15) is 13.6 Å². The van der Waals surface area contributed by atoms with Gasteiger partial charge in [0.1, 0.15) is 11.6 Å². The maximum atomic E-state index is 11.9. The van der Waals surface area contributed by atoms with Crippen molar-refractivity contribution in [2.45, 2.75) is 13.5 Å². The fraction of sp³-hybridized carbons (Fsp3) is 0.222. The van der Waals surface area contributed by atoms with Gasteiger partial charge in [0.15, 0.2) is 0 Å². The van der Waals surface area contributed by atoms with Crippen molar-refractivity contribution in [1.29, 1.82) is 0 Å². The highest BCUT2D eigenvalue weighted by Crippen LogP contribution is 2.18. The molecule has 0 saturated heterocycles. The van der Waals surface area contributed by atoms with Crippen molar-refractivity contribution in [3.8, 4) is 5.88 Å². The minimum atomic E-state index is -2.94. The highest BCUT2D eigenvalue weighted by atomic mass is 19.3. The number of H-pyrrole nitrogens is 2. The van der Waals surface area contributed by atoms with E-state index in [0.29, 0.717) is 11.5 Å². The minimum absolute atomic E-state index is 0.253. The summed E-state index contributed by atoms with van der Waals surface area (Å²) in [6, 6.07) is 1.23. The number of aromatic amines is 2. The molecule has 96 valence electrons. The van der Waals surface area contributed by atoms with Gasteiger partial charge in [-0.3, -0.25) is 14.9 Å². The zero-order valence-corrected chi connectivity index (χ0v) is 9.20. The van der Waals surface area contributed by atoms with Crippen LogP contribution in [0.25, 0.3) is 0 Å². The van der Waals surface area contributed by atoms with Crippen molar-refractivity contribution >= 4 is 11.6 Å². The monoisotopic (exact) mass is 257 g/mol. The molecule has 9 heteroatoms. The van der Waals surface area contributed by atoms with E-state index in [4.69, 9.17) is 0 Å². The lowest BCUT2D eigenvalue weighted by atomic mass is 10.4. The number of rotatable bonds is 4. The average Bonchev–Trinajstić information content (AvgIpc) is 2.70. The van der Waals surface area contributed by atoms with Gasteiger partial charge in [-0.15, -0.1) is 5.10 Å². The summed E-state index contributed by atoms with van der Waals surface area (Å²) < 4.78 is 27.9. The smallest absolute Gasteiger partial charge is 0.388 e. The van der Waals surface area contributed by atoms with E-state index in [-0.39, 0.29) is 17.3 Å². The van der Waals surface area contributed by atoms with E-state index < -0.39 is 6.61 Å². The normalized spacial score (nSPS) is 10.7. The fourth-order valence-corrected chi connectivity index (χ4v) is 1.24. The molecule has 0 radical (unpaired) electrons. The lowest BCUT2D eigenvalue weighted by Crippen LogP contribution is -2.10. The molecule has 0 amide bonds. The molecule has 0 atom stereocenters. The van der Waals surface area contributed by atoms with Gasteiger partial charge < -0.3 is 15.0 Å². The van der Waals surface area contributed by atoms with Gasteiger partial charge in [-0.25, -0.2) is 0 Å². The number of halogens is 2. The highest BCUT2D eigenvalue weighted by molar-refractivity contribution is 5.54. The first-order valence-electron chi connectivity index (χ1n) is 4.88. The number of nitrogens with zero attached hydrogens (tertiary/aromatic N) is 2. The second-order valence-corrected chi connectivity index (χ2v) is 3.33. The Labute approximate surface area is 99.2 Å². The first-order chi connectivity index (χ1) is 8.54. The van der Waals surface area contributed by atoms with Crippen molar-refractivity contribution in [1.82, 2.24) is 20.2 Å². The molecular formula is C9H9F2N5O2. The zero-order chi connectivity index (χ0) is 13.1. The first-order valence-corrected chi connectivity index (χ1v) is 4.88. The van der Waals surface area contributed by atoms with Crippen LogP contribution in [0.5, 0.6) is 5.88 Å². The summed E-state index contributed by atoms with van der Waals surface area (Å²) >= 11 is 0. The van der Waals surface area contributed by atoms with Crippen LogP contribution in [-0.4, -0.2) is 26.8 Å². The number of hydrogen-bond acceptors (Lipinski definition) is 5. The molecule has 3 N–H and O–H groups in total. The molecule has 0 spiro atoms. The quantitative estimate of drug-likeness (QED) is 0.763. The molecule has 18 heavy (non-hydrogen) atoms. The van der Waals surface area contributed by atoms with E-state index >= 15 is 0 Å². The number of ether oxygens (including phenoxy) is 1. The molecule has 0 aliphatic heterocycles. The van der Waals surface area contributed by atoms with Crippen LogP contribution in [0.15, 0.2) is 17.1 Å². The van der Waals surface area contributed by atoms with Crippen LogP contribution in [0, 0.1) is 6.92 Å². The number of aryl methyl sites for hydroxylation is 1. The van der Waals surface area contributed by atoms with Gasteiger partial charge in [0.25, 0.3) is 5.56 Å². The summed E-state index contributed by atoms with van der Waals surface area (Å²) in [5.74, 6) is 0.378. The molecule has 0 fully saturated rings. The van der Waals surface area contributed by atoms with Gasteiger partial charge in [0.2, 0.25) is 5.88 Å². The van der Waals surface area contributed by atoms with Crippen molar-refractivity contribution in [2.24, 2.45) is 0 Å². The lowest BCUT2D eigenvalue weighted by Gasteiger charge is -2.04. The van der Waals surface area contributed by atoms with Gasteiger partial charge >= 0.3 is 6.61 Å². The zero-order valence-electron chi connectivity index (χ0n) is 9.20. The SMILES string of the molecule is Cc1ncc(=O)[nH]c1Nc1cc(OC(F)F)n[nH]1. The summed E-state index contributed by atoms with van der Waals surface area (Å²) in [6.45, 7) is -1.27. The Kier molecular flexibility index (Phi) is 3.22. The topological polar surface area (TPSA) is 95.7 Å².